The van der Waals surface area contributed by atoms with E-state index in [2.05, 4.69) is 10.0 Å². The van der Waals surface area contributed by atoms with Crippen LogP contribution in [0.3, 0.4) is 0 Å². The molecule has 1 aliphatic heterocycles. The van der Waals surface area contributed by atoms with Crippen LogP contribution in [0.5, 0.6) is 5.75 Å². The van der Waals surface area contributed by atoms with Crippen molar-refractivity contribution >= 4 is 39.2 Å². The molecule has 0 saturated carbocycles. The van der Waals surface area contributed by atoms with Crippen molar-refractivity contribution in [2.45, 2.75) is 37.2 Å². The molecule has 3 rings (SSSR count). The zero-order valence-corrected chi connectivity index (χ0v) is 19.2. The number of amides is 2. The lowest BCUT2D eigenvalue weighted by atomic mass is 10.1. The third kappa shape index (κ3) is 5.68. The highest BCUT2D eigenvalue weighted by molar-refractivity contribution is 7.89. The Morgan fingerprint density at radius 1 is 1.18 bits per heavy atom. The van der Waals surface area contributed by atoms with Crippen molar-refractivity contribution in [3.05, 3.63) is 48.5 Å². The van der Waals surface area contributed by atoms with E-state index in [-0.39, 0.29) is 17.2 Å². The molecule has 2 aromatic rings. The minimum Gasteiger partial charge on any atom is -0.497 e. The molecule has 0 spiro atoms. The molecule has 33 heavy (non-hydrogen) atoms. The van der Waals surface area contributed by atoms with Crippen LogP contribution in [-0.2, 0) is 29.1 Å². The number of nitrogens with one attached hydrogen (secondary N) is 2. The monoisotopic (exact) mass is 475 g/mol. The number of hydrogen-bond acceptors (Lipinski definition) is 7. The van der Waals surface area contributed by atoms with Crippen LogP contribution in [0.2, 0.25) is 0 Å². The lowest BCUT2D eigenvalue weighted by Gasteiger charge is -2.27. The van der Waals surface area contributed by atoms with Gasteiger partial charge in [-0.15, -0.1) is 0 Å². The maximum atomic E-state index is 12.9. The highest BCUT2D eigenvalue weighted by Gasteiger charge is 2.31. The molecular formula is C22H25N3O7S. The average molecular weight is 476 g/mol. The standard InChI is InChI=1S/C22H25N3O7S/c1-14-12-20(26)23-18-6-4-5-7-19(18)25(14)21(27)13-32-22(28)15(2)24-33(29,30)17-10-8-16(31-3)9-11-17/h4-11,14-15,24H,12-13H2,1-3H3,(H,23,26). The van der Waals surface area contributed by atoms with Crippen molar-refractivity contribution in [2.75, 3.05) is 23.9 Å². The molecule has 2 N–H and O–H groups in total. The van der Waals surface area contributed by atoms with Crippen LogP contribution in [-0.4, -0.2) is 52.0 Å². The van der Waals surface area contributed by atoms with E-state index in [0.29, 0.717) is 17.1 Å². The van der Waals surface area contributed by atoms with E-state index in [0.717, 1.165) is 0 Å². The molecule has 0 aliphatic carbocycles. The van der Waals surface area contributed by atoms with Crippen molar-refractivity contribution in [2.24, 2.45) is 0 Å². The van der Waals surface area contributed by atoms with Gasteiger partial charge in [0.05, 0.1) is 23.4 Å². The maximum absolute atomic E-state index is 12.9. The number of sulfonamides is 1. The summed E-state index contributed by atoms with van der Waals surface area (Å²) < 4.78 is 37.3. The van der Waals surface area contributed by atoms with Gasteiger partial charge in [0.15, 0.2) is 6.61 Å². The summed E-state index contributed by atoms with van der Waals surface area (Å²) in [6.45, 7) is 2.42. The second-order valence-corrected chi connectivity index (χ2v) is 9.22. The van der Waals surface area contributed by atoms with E-state index >= 15 is 0 Å². The van der Waals surface area contributed by atoms with Crippen LogP contribution in [0.4, 0.5) is 11.4 Å². The van der Waals surface area contributed by atoms with Crippen molar-refractivity contribution in [3.8, 4) is 5.75 Å². The number of esters is 1. The smallest absolute Gasteiger partial charge is 0.324 e. The summed E-state index contributed by atoms with van der Waals surface area (Å²) in [5.74, 6) is -1.19. The largest absolute Gasteiger partial charge is 0.497 e. The second-order valence-electron chi connectivity index (χ2n) is 7.51. The number of carbonyl (C=O) groups excluding carboxylic acids is 3. The number of carbonyl (C=O) groups is 3. The summed E-state index contributed by atoms with van der Waals surface area (Å²) in [7, 11) is -2.54. The topological polar surface area (TPSA) is 131 Å². The molecule has 2 aromatic carbocycles. The first-order valence-electron chi connectivity index (χ1n) is 10.2. The number of rotatable bonds is 7. The van der Waals surface area contributed by atoms with Crippen LogP contribution in [0.1, 0.15) is 20.3 Å². The van der Waals surface area contributed by atoms with Gasteiger partial charge in [-0.25, -0.2) is 8.42 Å². The number of fused-ring (bicyclic) bond motifs is 1. The average Bonchev–Trinajstić information content (AvgIpc) is 2.91. The molecule has 0 bridgehead atoms. The highest BCUT2D eigenvalue weighted by atomic mass is 32.2. The first-order chi connectivity index (χ1) is 15.6. The predicted molar refractivity (Wildman–Crippen MR) is 120 cm³/mol. The Bertz CT molecular complexity index is 1150. The number of benzene rings is 2. The van der Waals surface area contributed by atoms with Crippen molar-refractivity contribution in [1.29, 1.82) is 0 Å². The molecule has 0 fully saturated rings. The number of hydrogen-bond donors (Lipinski definition) is 2. The van der Waals surface area contributed by atoms with Gasteiger partial charge in [-0.05, 0) is 50.2 Å². The fourth-order valence-corrected chi connectivity index (χ4v) is 4.59. The molecule has 2 amide bonds. The third-order valence-corrected chi connectivity index (χ3v) is 6.58. The maximum Gasteiger partial charge on any atom is 0.324 e. The SMILES string of the molecule is COc1ccc(S(=O)(=O)NC(C)C(=O)OCC(=O)N2c3ccccc3NC(=O)CC2C)cc1. The van der Waals surface area contributed by atoms with Crippen LogP contribution >= 0.6 is 0 Å². The molecule has 0 radical (unpaired) electrons. The van der Waals surface area contributed by atoms with Crippen LogP contribution in [0.15, 0.2) is 53.4 Å². The predicted octanol–water partition coefficient (Wildman–Crippen LogP) is 1.67. The van der Waals surface area contributed by atoms with Crippen molar-refractivity contribution in [3.63, 3.8) is 0 Å². The first kappa shape index (κ1) is 24.2. The minimum absolute atomic E-state index is 0.0498. The quantitative estimate of drug-likeness (QED) is 0.583. The van der Waals surface area contributed by atoms with Gasteiger partial charge in [0.1, 0.15) is 11.8 Å². The van der Waals surface area contributed by atoms with Crippen molar-refractivity contribution < 1.29 is 32.3 Å². The third-order valence-electron chi connectivity index (χ3n) is 5.02. The Labute approximate surface area is 191 Å². The lowest BCUT2D eigenvalue weighted by Crippen LogP contribution is -2.44. The number of anilines is 2. The van der Waals surface area contributed by atoms with E-state index in [4.69, 9.17) is 9.47 Å². The normalized spacial score (nSPS) is 16.8. The Kier molecular flexibility index (Phi) is 7.34. The molecular weight excluding hydrogens is 450 g/mol. The molecule has 2 atom stereocenters. The van der Waals surface area contributed by atoms with Gasteiger partial charge in [-0.2, -0.15) is 4.72 Å². The molecule has 1 heterocycles. The molecule has 0 aromatic heterocycles. The molecule has 176 valence electrons. The molecule has 11 heteroatoms. The van der Waals surface area contributed by atoms with Crippen LogP contribution in [0, 0.1) is 0 Å². The molecule has 1 aliphatic rings. The summed E-state index contributed by atoms with van der Waals surface area (Å²) >= 11 is 0. The van der Waals surface area contributed by atoms with Gasteiger partial charge >= 0.3 is 5.97 Å². The summed E-state index contributed by atoms with van der Waals surface area (Å²) in [6.07, 6.45) is 0.0758. The molecule has 2 unspecified atom stereocenters. The second kappa shape index (κ2) is 10.0. The van der Waals surface area contributed by atoms with Gasteiger partial charge in [-0.3, -0.25) is 14.4 Å². The highest BCUT2D eigenvalue weighted by Crippen LogP contribution is 2.31. The van der Waals surface area contributed by atoms with E-state index in [1.54, 1.807) is 31.2 Å². The fraction of sp³-hybridized carbons (Fsp3) is 0.318. The Morgan fingerprint density at radius 3 is 2.52 bits per heavy atom. The van der Waals surface area contributed by atoms with Gasteiger partial charge in [0.25, 0.3) is 5.91 Å². The van der Waals surface area contributed by atoms with Gasteiger partial charge in [0, 0.05) is 12.5 Å². The van der Waals surface area contributed by atoms with E-state index in [1.807, 2.05) is 0 Å². The fourth-order valence-electron chi connectivity index (χ4n) is 3.40. The number of ether oxygens (including phenoxy) is 2. The summed E-state index contributed by atoms with van der Waals surface area (Å²) in [6, 6.07) is 10.8. The summed E-state index contributed by atoms with van der Waals surface area (Å²) in [4.78, 5) is 38.7. The molecule has 10 nitrogen and oxygen atoms in total. The van der Waals surface area contributed by atoms with Crippen LogP contribution in [0.25, 0.3) is 0 Å². The van der Waals surface area contributed by atoms with E-state index in [1.165, 1.54) is 43.2 Å². The lowest BCUT2D eigenvalue weighted by molar-refractivity contribution is -0.149. The zero-order chi connectivity index (χ0) is 24.2. The first-order valence-corrected chi connectivity index (χ1v) is 11.6. The van der Waals surface area contributed by atoms with E-state index < -0.39 is 40.6 Å². The van der Waals surface area contributed by atoms with Gasteiger partial charge < -0.3 is 19.7 Å². The molecule has 0 saturated heterocycles. The summed E-state index contributed by atoms with van der Waals surface area (Å²) in [5, 5.41) is 2.74. The Balaban J connectivity index is 1.65. The number of methoxy groups -OCH3 is 1. The summed E-state index contributed by atoms with van der Waals surface area (Å²) in [5.41, 5.74) is 0.970. The Hall–Kier alpha value is -3.44. The van der Waals surface area contributed by atoms with Crippen LogP contribution < -0.4 is 19.7 Å². The van der Waals surface area contributed by atoms with E-state index in [9.17, 15) is 22.8 Å². The zero-order valence-electron chi connectivity index (χ0n) is 18.4. The Morgan fingerprint density at radius 2 is 1.85 bits per heavy atom. The van der Waals surface area contributed by atoms with Crippen molar-refractivity contribution in [1.82, 2.24) is 4.72 Å². The number of para-hydroxylation sites is 2. The van der Waals surface area contributed by atoms with Gasteiger partial charge in [0.2, 0.25) is 15.9 Å². The minimum atomic E-state index is -4.00. The van der Waals surface area contributed by atoms with Gasteiger partial charge in [-0.1, -0.05) is 12.1 Å². The number of nitrogens with zero attached hydrogens (tertiary/aromatic N) is 1.